The van der Waals surface area contributed by atoms with Gasteiger partial charge < -0.3 is 15.0 Å². The van der Waals surface area contributed by atoms with Gasteiger partial charge in [-0.15, -0.1) is 0 Å². The zero-order chi connectivity index (χ0) is 20.8. The molecule has 0 bridgehead atoms. The lowest BCUT2D eigenvalue weighted by Gasteiger charge is -2.08. The molecule has 0 aliphatic rings. The Morgan fingerprint density at radius 3 is 2.72 bits per heavy atom. The lowest BCUT2D eigenvalue weighted by molar-refractivity contribution is -0.121. The fraction of sp³-hybridized carbons (Fsp3) is 0.200. The first kappa shape index (κ1) is 20.0. The molecule has 9 heteroatoms. The molecule has 0 aliphatic carbocycles. The van der Waals surface area contributed by atoms with Crippen molar-refractivity contribution < 1.29 is 13.9 Å². The van der Waals surface area contributed by atoms with Crippen molar-refractivity contribution >= 4 is 5.91 Å². The Kier molecular flexibility index (Phi) is 6.18. The predicted octanol–water partition coefficient (Wildman–Crippen LogP) is 1.95. The molecular formula is C20H19FN4O4. The molecule has 29 heavy (non-hydrogen) atoms. The van der Waals surface area contributed by atoms with E-state index in [1.54, 1.807) is 31.3 Å². The maximum atomic E-state index is 13.2. The van der Waals surface area contributed by atoms with Gasteiger partial charge in [0, 0.05) is 42.6 Å². The van der Waals surface area contributed by atoms with Crippen LogP contribution < -0.4 is 21.3 Å². The van der Waals surface area contributed by atoms with Gasteiger partial charge in [-0.2, -0.15) is 0 Å². The molecule has 8 nitrogen and oxygen atoms in total. The second kappa shape index (κ2) is 8.96. The minimum absolute atomic E-state index is 0.101. The molecule has 0 unspecified atom stereocenters. The van der Waals surface area contributed by atoms with E-state index >= 15 is 0 Å². The van der Waals surface area contributed by atoms with E-state index in [9.17, 15) is 18.8 Å². The quantitative estimate of drug-likeness (QED) is 0.562. The van der Waals surface area contributed by atoms with Crippen LogP contribution in [0.5, 0.6) is 11.6 Å². The number of benzene rings is 1. The van der Waals surface area contributed by atoms with Gasteiger partial charge in [-0.25, -0.2) is 14.2 Å². The second-order valence-electron chi connectivity index (χ2n) is 6.35. The normalized spacial score (nSPS) is 10.6. The summed E-state index contributed by atoms with van der Waals surface area (Å²) in [4.78, 5) is 43.8. The molecule has 0 spiro atoms. The van der Waals surface area contributed by atoms with Crippen LogP contribution in [0.4, 0.5) is 4.39 Å². The Morgan fingerprint density at radius 2 is 2.03 bits per heavy atom. The van der Waals surface area contributed by atoms with Crippen LogP contribution in [0, 0.1) is 12.7 Å². The molecule has 0 saturated heterocycles. The van der Waals surface area contributed by atoms with E-state index in [0.717, 1.165) is 5.56 Å². The number of carbonyl (C=O) groups excluding carboxylic acids is 1. The van der Waals surface area contributed by atoms with Crippen molar-refractivity contribution in [2.75, 3.05) is 0 Å². The monoisotopic (exact) mass is 398 g/mol. The Balaban J connectivity index is 1.50. The first-order valence-corrected chi connectivity index (χ1v) is 8.88. The molecule has 1 aromatic carbocycles. The van der Waals surface area contributed by atoms with Crippen LogP contribution in [0.25, 0.3) is 0 Å². The fourth-order valence-electron chi connectivity index (χ4n) is 2.68. The predicted molar refractivity (Wildman–Crippen MR) is 103 cm³/mol. The summed E-state index contributed by atoms with van der Waals surface area (Å²) in [6.45, 7) is 1.87. The Labute approximate surface area is 164 Å². The molecule has 3 N–H and O–H groups in total. The molecule has 0 aliphatic heterocycles. The van der Waals surface area contributed by atoms with Crippen molar-refractivity contribution in [3.63, 3.8) is 0 Å². The number of halogens is 1. The first-order chi connectivity index (χ1) is 13.9. The van der Waals surface area contributed by atoms with Crippen molar-refractivity contribution in [3.05, 3.63) is 86.1 Å². The zero-order valence-corrected chi connectivity index (χ0v) is 15.6. The van der Waals surface area contributed by atoms with Crippen LogP contribution in [-0.2, 0) is 17.8 Å². The smallest absolute Gasteiger partial charge is 0.325 e. The van der Waals surface area contributed by atoms with Crippen molar-refractivity contribution in [3.8, 4) is 11.6 Å². The number of amides is 1. The maximum absolute atomic E-state index is 13.2. The van der Waals surface area contributed by atoms with Gasteiger partial charge in [0.1, 0.15) is 11.6 Å². The lowest BCUT2D eigenvalue weighted by Crippen LogP contribution is -2.29. The summed E-state index contributed by atoms with van der Waals surface area (Å²) >= 11 is 0. The van der Waals surface area contributed by atoms with Crippen LogP contribution >= 0.6 is 0 Å². The number of pyridine rings is 1. The molecule has 3 rings (SSSR count). The summed E-state index contributed by atoms with van der Waals surface area (Å²) in [6.07, 6.45) is 1.86. The number of aryl methyl sites for hydroxylation is 1. The largest absolute Gasteiger partial charge is 0.439 e. The first-order valence-electron chi connectivity index (χ1n) is 8.88. The molecule has 2 heterocycles. The third-order valence-corrected chi connectivity index (χ3v) is 4.16. The van der Waals surface area contributed by atoms with Gasteiger partial charge in [-0.1, -0.05) is 12.1 Å². The number of ether oxygens (including phenoxy) is 1. The number of carbonyl (C=O) groups is 1. The summed E-state index contributed by atoms with van der Waals surface area (Å²) < 4.78 is 18.6. The maximum Gasteiger partial charge on any atom is 0.325 e. The van der Waals surface area contributed by atoms with Gasteiger partial charge in [-0.3, -0.25) is 14.6 Å². The van der Waals surface area contributed by atoms with E-state index in [1.165, 1.54) is 18.2 Å². The number of hydrogen-bond donors (Lipinski definition) is 3. The number of rotatable bonds is 7. The van der Waals surface area contributed by atoms with Crippen molar-refractivity contribution in [1.29, 1.82) is 0 Å². The number of hydrogen-bond acceptors (Lipinski definition) is 5. The van der Waals surface area contributed by atoms with Gasteiger partial charge in [-0.05, 0) is 31.0 Å². The standard InChI is InChI=1S/C20H19FN4O4/c1-12-16(19(27)25-20(28)24-12)6-7-17(26)22-10-13-5-8-18(23-11-13)29-15-4-2-3-14(21)9-15/h2-5,8-9,11H,6-7,10H2,1H3,(H,22,26)(H2,24,25,27,28). The minimum atomic E-state index is -0.571. The van der Waals surface area contributed by atoms with Crippen molar-refractivity contribution in [2.24, 2.45) is 0 Å². The van der Waals surface area contributed by atoms with E-state index in [0.29, 0.717) is 22.9 Å². The highest BCUT2D eigenvalue weighted by Crippen LogP contribution is 2.19. The zero-order valence-electron chi connectivity index (χ0n) is 15.6. The topological polar surface area (TPSA) is 117 Å². The van der Waals surface area contributed by atoms with E-state index < -0.39 is 17.1 Å². The molecule has 0 fully saturated rings. The SMILES string of the molecule is Cc1[nH]c(=O)[nH]c(=O)c1CCC(=O)NCc1ccc(Oc2cccc(F)c2)nc1. The van der Waals surface area contributed by atoms with E-state index in [1.807, 2.05) is 0 Å². The van der Waals surface area contributed by atoms with Crippen molar-refractivity contribution in [1.82, 2.24) is 20.3 Å². The van der Waals surface area contributed by atoms with Crippen LogP contribution in [-0.4, -0.2) is 20.9 Å². The lowest BCUT2D eigenvalue weighted by atomic mass is 10.1. The molecular weight excluding hydrogens is 379 g/mol. The summed E-state index contributed by atoms with van der Waals surface area (Å²) in [5, 5.41) is 2.74. The van der Waals surface area contributed by atoms with Gasteiger partial charge in [0.05, 0.1) is 0 Å². The van der Waals surface area contributed by atoms with Gasteiger partial charge in [0.15, 0.2) is 0 Å². The average molecular weight is 398 g/mol. The van der Waals surface area contributed by atoms with Crippen LogP contribution in [0.15, 0.2) is 52.2 Å². The average Bonchev–Trinajstić information content (AvgIpc) is 2.66. The minimum Gasteiger partial charge on any atom is -0.439 e. The van der Waals surface area contributed by atoms with Crippen LogP contribution in [0.3, 0.4) is 0 Å². The number of nitrogens with zero attached hydrogens (tertiary/aromatic N) is 1. The molecule has 0 radical (unpaired) electrons. The highest BCUT2D eigenvalue weighted by Gasteiger charge is 2.09. The molecule has 2 aromatic heterocycles. The second-order valence-corrected chi connectivity index (χ2v) is 6.35. The Bertz CT molecular complexity index is 1120. The molecule has 0 saturated carbocycles. The highest BCUT2D eigenvalue weighted by atomic mass is 19.1. The van der Waals surface area contributed by atoms with Crippen LogP contribution in [0.2, 0.25) is 0 Å². The molecule has 150 valence electrons. The third kappa shape index (κ3) is 5.61. The van der Waals surface area contributed by atoms with E-state index in [4.69, 9.17) is 4.74 Å². The third-order valence-electron chi connectivity index (χ3n) is 4.16. The van der Waals surface area contributed by atoms with E-state index in [-0.39, 0.29) is 25.3 Å². The summed E-state index contributed by atoms with van der Waals surface area (Å²) in [5.74, 6) is 0.000466. The number of aromatic amines is 2. The Morgan fingerprint density at radius 1 is 1.21 bits per heavy atom. The number of H-pyrrole nitrogens is 2. The van der Waals surface area contributed by atoms with Crippen LogP contribution in [0.1, 0.15) is 23.2 Å². The summed E-state index contributed by atoms with van der Waals surface area (Å²) in [5.41, 5.74) is 0.517. The fourth-order valence-corrected chi connectivity index (χ4v) is 2.68. The van der Waals surface area contributed by atoms with E-state index in [2.05, 4.69) is 20.3 Å². The van der Waals surface area contributed by atoms with Gasteiger partial charge in [0.2, 0.25) is 11.8 Å². The molecule has 1 amide bonds. The number of aromatic nitrogens is 3. The summed E-state index contributed by atoms with van der Waals surface area (Å²) in [7, 11) is 0. The molecule has 0 atom stereocenters. The number of nitrogens with one attached hydrogen (secondary N) is 3. The molecule has 3 aromatic rings. The van der Waals surface area contributed by atoms with Crippen molar-refractivity contribution in [2.45, 2.75) is 26.3 Å². The Hall–Kier alpha value is -3.75. The van der Waals surface area contributed by atoms with Gasteiger partial charge >= 0.3 is 5.69 Å². The highest BCUT2D eigenvalue weighted by molar-refractivity contribution is 5.76. The van der Waals surface area contributed by atoms with Gasteiger partial charge in [0.25, 0.3) is 5.56 Å². The summed E-state index contributed by atoms with van der Waals surface area (Å²) in [6, 6.07) is 9.09.